The average Bonchev–Trinajstić information content (AvgIpc) is 2.89. The summed E-state index contributed by atoms with van der Waals surface area (Å²) >= 11 is 0. The topological polar surface area (TPSA) is 105 Å². The van der Waals surface area contributed by atoms with Gasteiger partial charge in [0, 0.05) is 13.1 Å². The molecule has 3 unspecified atom stereocenters. The number of nitro groups is 1. The van der Waals surface area contributed by atoms with Gasteiger partial charge in [-0.2, -0.15) is 5.10 Å². The maximum atomic E-state index is 10.6. The molecule has 0 bridgehead atoms. The Kier molecular flexibility index (Phi) is 5.87. The molecule has 8 nitrogen and oxygen atoms in total. The highest BCUT2D eigenvalue weighted by Crippen LogP contribution is 2.24. The molecule has 2 N–H and O–H groups in total. The lowest BCUT2D eigenvalue weighted by atomic mass is 9.86. The molecule has 1 saturated carbocycles. The molecule has 0 aromatic carbocycles. The zero-order chi connectivity index (χ0) is 16.1. The van der Waals surface area contributed by atoms with E-state index < -0.39 is 11.0 Å². The second-order valence-electron chi connectivity index (χ2n) is 6.16. The van der Waals surface area contributed by atoms with Crippen molar-refractivity contribution in [2.45, 2.75) is 44.4 Å². The Labute approximate surface area is 129 Å². The van der Waals surface area contributed by atoms with Crippen molar-refractivity contribution >= 4 is 5.69 Å². The van der Waals surface area contributed by atoms with Crippen molar-refractivity contribution in [1.29, 1.82) is 0 Å². The monoisotopic (exact) mass is 312 g/mol. The van der Waals surface area contributed by atoms with Gasteiger partial charge in [-0.3, -0.25) is 14.8 Å². The Morgan fingerprint density at radius 1 is 1.55 bits per heavy atom. The first-order valence-corrected chi connectivity index (χ1v) is 7.67. The molecule has 1 fully saturated rings. The molecule has 0 saturated heterocycles. The first-order chi connectivity index (χ1) is 10.5. The number of likely N-dealkylation sites (N-methyl/N-ethyl adjacent to an activating group) is 1. The SMILES string of the molecule is CN(CC(O)Cn1cc([N+](=O)[O-])cn1)CC1CCCCC1O. The molecule has 8 heteroatoms. The normalized spacial score (nSPS) is 23.6. The van der Waals surface area contributed by atoms with Crippen LogP contribution in [0.1, 0.15) is 25.7 Å². The van der Waals surface area contributed by atoms with Crippen LogP contribution in [0.15, 0.2) is 12.4 Å². The summed E-state index contributed by atoms with van der Waals surface area (Å²) in [7, 11) is 1.91. The predicted molar refractivity (Wildman–Crippen MR) is 80.4 cm³/mol. The van der Waals surface area contributed by atoms with E-state index >= 15 is 0 Å². The number of aliphatic hydroxyl groups is 2. The standard InChI is InChI=1S/C14H24N4O4/c1-16(7-11-4-2-3-5-14(11)20)9-13(19)10-17-8-12(6-15-17)18(21)22/h6,8,11,13-14,19-20H,2-5,7,9-10H2,1H3. The van der Waals surface area contributed by atoms with E-state index in [0.717, 1.165) is 32.2 Å². The van der Waals surface area contributed by atoms with Crippen LogP contribution in [-0.4, -0.2) is 62.2 Å². The Morgan fingerprint density at radius 3 is 2.91 bits per heavy atom. The molecular formula is C14H24N4O4. The van der Waals surface area contributed by atoms with Crippen LogP contribution in [0.5, 0.6) is 0 Å². The lowest BCUT2D eigenvalue weighted by molar-refractivity contribution is -0.385. The van der Waals surface area contributed by atoms with E-state index in [1.807, 2.05) is 11.9 Å². The summed E-state index contributed by atoms with van der Waals surface area (Å²) in [5, 5.41) is 34.5. The lowest BCUT2D eigenvalue weighted by Gasteiger charge is -2.31. The lowest BCUT2D eigenvalue weighted by Crippen LogP contribution is -2.39. The highest BCUT2D eigenvalue weighted by atomic mass is 16.6. The van der Waals surface area contributed by atoms with E-state index in [-0.39, 0.29) is 24.3 Å². The van der Waals surface area contributed by atoms with Crippen LogP contribution < -0.4 is 0 Å². The first-order valence-electron chi connectivity index (χ1n) is 7.67. The molecule has 3 atom stereocenters. The minimum absolute atomic E-state index is 0.0779. The maximum absolute atomic E-state index is 10.6. The number of hydrogen-bond acceptors (Lipinski definition) is 6. The zero-order valence-electron chi connectivity index (χ0n) is 12.8. The third kappa shape index (κ3) is 4.75. The van der Waals surface area contributed by atoms with E-state index in [4.69, 9.17) is 0 Å². The van der Waals surface area contributed by atoms with E-state index in [1.54, 1.807) is 0 Å². The van der Waals surface area contributed by atoms with Crippen LogP contribution in [0.3, 0.4) is 0 Å². The van der Waals surface area contributed by atoms with Crippen molar-refractivity contribution < 1.29 is 15.1 Å². The molecule has 0 radical (unpaired) electrons. The highest BCUT2D eigenvalue weighted by molar-refractivity contribution is 5.20. The molecule has 1 aromatic heterocycles. The fourth-order valence-electron chi connectivity index (χ4n) is 3.06. The van der Waals surface area contributed by atoms with Crippen LogP contribution in [0, 0.1) is 16.0 Å². The molecule has 2 rings (SSSR count). The fourth-order valence-corrected chi connectivity index (χ4v) is 3.06. The molecule has 0 aliphatic heterocycles. The number of rotatable bonds is 7. The van der Waals surface area contributed by atoms with Gasteiger partial charge in [-0.05, 0) is 25.8 Å². The van der Waals surface area contributed by atoms with Gasteiger partial charge >= 0.3 is 5.69 Å². The molecule has 22 heavy (non-hydrogen) atoms. The molecule has 124 valence electrons. The summed E-state index contributed by atoms with van der Waals surface area (Å²) in [5.74, 6) is 0.261. The summed E-state index contributed by atoms with van der Waals surface area (Å²) in [4.78, 5) is 12.1. The molecule has 0 spiro atoms. The number of hydrogen-bond donors (Lipinski definition) is 2. The molecule has 1 aromatic rings. The van der Waals surface area contributed by atoms with Gasteiger partial charge in [0.15, 0.2) is 0 Å². The van der Waals surface area contributed by atoms with Crippen LogP contribution >= 0.6 is 0 Å². The summed E-state index contributed by atoms with van der Waals surface area (Å²) < 4.78 is 1.38. The van der Waals surface area contributed by atoms with Crippen molar-refractivity contribution in [3.8, 4) is 0 Å². The fraction of sp³-hybridized carbons (Fsp3) is 0.786. The van der Waals surface area contributed by atoms with E-state index in [1.165, 1.54) is 17.1 Å². The van der Waals surface area contributed by atoms with Gasteiger partial charge in [-0.1, -0.05) is 12.8 Å². The van der Waals surface area contributed by atoms with Crippen molar-refractivity contribution in [2.24, 2.45) is 5.92 Å². The third-order valence-corrected chi connectivity index (χ3v) is 4.17. The number of aromatic nitrogens is 2. The highest BCUT2D eigenvalue weighted by Gasteiger charge is 2.24. The quantitative estimate of drug-likeness (QED) is 0.565. The van der Waals surface area contributed by atoms with Gasteiger partial charge in [0.1, 0.15) is 12.4 Å². The Morgan fingerprint density at radius 2 is 2.27 bits per heavy atom. The van der Waals surface area contributed by atoms with Crippen LogP contribution in [0.2, 0.25) is 0 Å². The van der Waals surface area contributed by atoms with Crippen molar-refractivity contribution in [1.82, 2.24) is 14.7 Å². The van der Waals surface area contributed by atoms with Crippen LogP contribution in [-0.2, 0) is 6.54 Å². The second-order valence-corrected chi connectivity index (χ2v) is 6.16. The van der Waals surface area contributed by atoms with Gasteiger partial charge in [-0.25, -0.2) is 0 Å². The number of nitrogens with zero attached hydrogens (tertiary/aromatic N) is 4. The summed E-state index contributed by atoms with van der Waals surface area (Å²) in [6, 6.07) is 0. The minimum atomic E-state index is -0.662. The van der Waals surface area contributed by atoms with Crippen molar-refractivity contribution in [3.63, 3.8) is 0 Å². The van der Waals surface area contributed by atoms with Crippen LogP contribution in [0.4, 0.5) is 5.69 Å². The van der Waals surface area contributed by atoms with Gasteiger partial charge < -0.3 is 15.1 Å². The molecule has 1 aliphatic rings. The van der Waals surface area contributed by atoms with Gasteiger partial charge in [0.05, 0.1) is 23.7 Å². The maximum Gasteiger partial charge on any atom is 0.306 e. The van der Waals surface area contributed by atoms with E-state index in [2.05, 4.69) is 5.10 Å². The predicted octanol–water partition coefficient (Wildman–Crippen LogP) is 0.635. The van der Waals surface area contributed by atoms with Gasteiger partial charge in [0.2, 0.25) is 0 Å². The van der Waals surface area contributed by atoms with Crippen molar-refractivity contribution in [3.05, 3.63) is 22.5 Å². The summed E-state index contributed by atoms with van der Waals surface area (Å²) in [6.07, 6.45) is 5.69. The third-order valence-electron chi connectivity index (χ3n) is 4.17. The minimum Gasteiger partial charge on any atom is -0.393 e. The Bertz CT molecular complexity index is 493. The molecule has 0 amide bonds. The summed E-state index contributed by atoms with van der Waals surface area (Å²) in [5.41, 5.74) is -0.0779. The van der Waals surface area contributed by atoms with Gasteiger partial charge in [-0.15, -0.1) is 0 Å². The number of aliphatic hydroxyl groups excluding tert-OH is 2. The second kappa shape index (κ2) is 7.66. The zero-order valence-corrected chi connectivity index (χ0v) is 12.8. The smallest absolute Gasteiger partial charge is 0.306 e. The van der Waals surface area contributed by atoms with E-state index in [0.29, 0.717) is 6.54 Å². The summed E-state index contributed by atoms with van der Waals surface area (Å²) in [6.45, 7) is 1.40. The average molecular weight is 312 g/mol. The first kappa shape index (κ1) is 16.9. The Hall–Kier alpha value is -1.51. The van der Waals surface area contributed by atoms with Gasteiger partial charge in [0.25, 0.3) is 0 Å². The Balaban J connectivity index is 1.77. The molecule has 1 heterocycles. The molecule has 1 aliphatic carbocycles. The largest absolute Gasteiger partial charge is 0.393 e. The van der Waals surface area contributed by atoms with Crippen molar-refractivity contribution in [2.75, 3.05) is 20.1 Å². The van der Waals surface area contributed by atoms with E-state index in [9.17, 15) is 20.3 Å². The van der Waals surface area contributed by atoms with Crippen LogP contribution in [0.25, 0.3) is 0 Å². The molecular weight excluding hydrogens is 288 g/mol.